The fourth-order valence-electron chi connectivity index (χ4n) is 4.99. The predicted molar refractivity (Wildman–Crippen MR) is 152 cm³/mol. The molecule has 7 heteroatoms. The maximum Gasteiger partial charge on any atom is 0.269 e. The monoisotopic (exact) mass is 509 g/mol. The zero-order valence-corrected chi connectivity index (χ0v) is 21.5. The lowest BCUT2D eigenvalue weighted by molar-refractivity contribution is 0.0942. The summed E-state index contributed by atoms with van der Waals surface area (Å²) in [6.45, 7) is 2.82. The summed E-state index contributed by atoms with van der Waals surface area (Å²) in [5.41, 5.74) is 8.86. The van der Waals surface area contributed by atoms with Crippen LogP contribution < -0.4 is 16.2 Å². The van der Waals surface area contributed by atoms with Crippen LogP contribution in [0.5, 0.6) is 0 Å². The van der Waals surface area contributed by atoms with Crippen molar-refractivity contribution >= 4 is 34.0 Å². The van der Waals surface area contributed by atoms with E-state index < -0.39 is 0 Å². The highest BCUT2D eigenvalue weighted by Gasteiger charge is 2.30. The minimum Gasteiger partial charge on any atom is -0.357 e. The molecule has 1 aromatic heterocycles. The Labute approximate surface area is 223 Å². The largest absolute Gasteiger partial charge is 0.357 e. The van der Waals surface area contributed by atoms with Crippen LogP contribution in [0, 0.1) is 5.92 Å². The molecule has 6 nitrogen and oxygen atoms in total. The first-order chi connectivity index (χ1) is 18.1. The van der Waals surface area contributed by atoms with Crippen LogP contribution in [-0.2, 0) is 13.0 Å². The number of hydrogen-bond donors (Lipinski definition) is 3. The molecule has 0 radical (unpaired) electrons. The van der Waals surface area contributed by atoms with E-state index in [1.807, 2.05) is 24.3 Å². The fourth-order valence-corrected chi connectivity index (χ4v) is 5.20. The number of carbonyl (C=O) groups is 1. The number of hydrogen-bond acceptors (Lipinski definition) is 4. The molecule has 0 saturated carbocycles. The molecule has 0 spiro atoms. The summed E-state index contributed by atoms with van der Waals surface area (Å²) in [7, 11) is 0. The Bertz CT molecular complexity index is 1350. The van der Waals surface area contributed by atoms with Crippen molar-refractivity contribution in [1.29, 1.82) is 0 Å². The van der Waals surface area contributed by atoms with Crippen LogP contribution in [0.3, 0.4) is 0 Å². The first kappa shape index (κ1) is 24.9. The molecule has 188 valence electrons. The number of nitrogens with one attached hydrogen (secondary N) is 3. The van der Waals surface area contributed by atoms with E-state index in [0.29, 0.717) is 16.6 Å². The summed E-state index contributed by atoms with van der Waals surface area (Å²) < 4.78 is 0. The van der Waals surface area contributed by atoms with Crippen molar-refractivity contribution in [1.82, 2.24) is 26.1 Å². The number of rotatable bonds is 6. The topological polar surface area (TPSA) is 69.3 Å². The third-order valence-corrected chi connectivity index (χ3v) is 7.16. The minimum absolute atomic E-state index is 0.155. The Morgan fingerprint density at radius 2 is 1.68 bits per heavy atom. The van der Waals surface area contributed by atoms with Gasteiger partial charge >= 0.3 is 0 Å². The van der Waals surface area contributed by atoms with Crippen LogP contribution in [0.15, 0.2) is 97.3 Å². The quantitative estimate of drug-likeness (QED) is 0.263. The second kappa shape index (κ2) is 12.0. The number of thiocarbonyl (C=S) groups is 1. The van der Waals surface area contributed by atoms with Gasteiger partial charge < -0.3 is 5.32 Å². The van der Waals surface area contributed by atoms with E-state index in [-0.39, 0.29) is 11.9 Å². The molecular formula is C30H31N5OS. The van der Waals surface area contributed by atoms with Gasteiger partial charge in [-0.2, -0.15) is 0 Å². The lowest BCUT2D eigenvalue weighted by Crippen LogP contribution is -2.57. The molecule has 1 aliphatic rings. The van der Waals surface area contributed by atoms with E-state index in [0.717, 1.165) is 43.2 Å². The first-order valence-electron chi connectivity index (χ1n) is 12.6. The van der Waals surface area contributed by atoms with E-state index in [2.05, 4.69) is 80.6 Å². The summed E-state index contributed by atoms with van der Waals surface area (Å²) >= 11 is 5.60. The predicted octanol–water partition coefficient (Wildman–Crippen LogP) is 4.48. The number of amides is 1. The van der Waals surface area contributed by atoms with Crippen molar-refractivity contribution in [2.24, 2.45) is 5.92 Å². The zero-order valence-electron chi connectivity index (χ0n) is 20.6. The highest BCUT2D eigenvalue weighted by Crippen LogP contribution is 2.24. The highest BCUT2D eigenvalue weighted by molar-refractivity contribution is 7.80. The SMILES string of the molecule is O=C(NNC(=S)N[C@H]1CN(Cc2ccccc2)CC[C@H]1Cc1ccccc1)c1ccc2cnccc2c1. The van der Waals surface area contributed by atoms with E-state index >= 15 is 0 Å². The number of hydrazine groups is 1. The summed E-state index contributed by atoms with van der Waals surface area (Å²) in [6.07, 6.45) is 5.56. The molecule has 2 atom stereocenters. The van der Waals surface area contributed by atoms with Crippen molar-refractivity contribution in [2.75, 3.05) is 13.1 Å². The van der Waals surface area contributed by atoms with E-state index in [1.54, 1.807) is 18.5 Å². The van der Waals surface area contributed by atoms with Gasteiger partial charge in [-0.05, 0) is 72.2 Å². The molecular weight excluding hydrogens is 478 g/mol. The average Bonchev–Trinajstić information content (AvgIpc) is 2.94. The summed E-state index contributed by atoms with van der Waals surface area (Å²) in [5, 5.41) is 5.87. The number of likely N-dealkylation sites (tertiary alicyclic amines) is 1. The number of benzene rings is 3. The van der Waals surface area contributed by atoms with Gasteiger partial charge in [0.15, 0.2) is 5.11 Å². The van der Waals surface area contributed by atoms with Gasteiger partial charge in [0, 0.05) is 42.5 Å². The van der Waals surface area contributed by atoms with Crippen LogP contribution in [0.25, 0.3) is 10.8 Å². The van der Waals surface area contributed by atoms with Crippen LogP contribution >= 0.6 is 12.2 Å². The molecule has 5 rings (SSSR count). The zero-order chi connectivity index (χ0) is 25.5. The van der Waals surface area contributed by atoms with Crippen molar-refractivity contribution in [3.05, 3.63) is 114 Å². The van der Waals surface area contributed by atoms with Gasteiger partial charge in [-0.15, -0.1) is 0 Å². The maximum absolute atomic E-state index is 12.8. The Hall–Kier alpha value is -3.81. The molecule has 37 heavy (non-hydrogen) atoms. The molecule has 3 aromatic carbocycles. The summed E-state index contributed by atoms with van der Waals surface area (Å²) in [4.78, 5) is 19.4. The van der Waals surface area contributed by atoms with Gasteiger partial charge in [-0.3, -0.25) is 25.5 Å². The second-order valence-electron chi connectivity index (χ2n) is 9.56. The van der Waals surface area contributed by atoms with Crippen LogP contribution in [0.4, 0.5) is 0 Å². The molecule has 1 fully saturated rings. The molecule has 1 amide bonds. The second-order valence-corrected chi connectivity index (χ2v) is 9.96. The smallest absolute Gasteiger partial charge is 0.269 e. The van der Waals surface area contributed by atoms with Gasteiger partial charge in [-0.1, -0.05) is 66.7 Å². The maximum atomic E-state index is 12.8. The van der Waals surface area contributed by atoms with Crippen molar-refractivity contribution in [3.63, 3.8) is 0 Å². The average molecular weight is 510 g/mol. The summed E-state index contributed by atoms with van der Waals surface area (Å²) in [5.74, 6) is 0.192. The number of aromatic nitrogens is 1. The fraction of sp³-hybridized carbons (Fsp3) is 0.233. The molecule has 3 N–H and O–H groups in total. The van der Waals surface area contributed by atoms with Crippen LogP contribution in [-0.4, -0.2) is 40.0 Å². The molecule has 4 aromatic rings. The van der Waals surface area contributed by atoms with Crippen molar-refractivity contribution in [2.45, 2.75) is 25.4 Å². The van der Waals surface area contributed by atoms with Gasteiger partial charge in [-0.25, -0.2) is 0 Å². The van der Waals surface area contributed by atoms with Gasteiger partial charge in [0.2, 0.25) is 0 Å². The summed E-state index contributed by atoms with van der Waals surface area (Å²) in [6, 6.07) is 28.7. The van der Waals surface area contributed by atoms with Crippen molar-refractivity contribution < 1.29 is 4.79 Å². The number of piperidine rings is 1. The Kier molecular flexibility index (Phi) is 8.03. The van der Waals surface area contributed by atoms with Gasteiger partial charge in [0.25, 0.3) is 5.91 Å². The third-order valence-electron chi connectivity index (χ3n) is 6.94. The van der Waals surface area contributed by atoms with E-state index in [1.165, 1.54) is 11.1 Å². The molecule has 0 unspecified atom stereocenters. The number of carbonyl (C=O) groups excluding carboxylic acids is 1. The number of pyridine rings is 1. The van der Waals surface area contributed by atoms with Gasteiger partial charge in [0.05, 0.1) is 0 Å². The normalized spacial score (nSPS) is 17.7. The lowest BCUT2D eigenvalue weighted by atomic mass is 9.86. The first-order valence-corrected chi connectivity index (χ1v) is 13.1. The molecule has 1 aliphatic heterocycles. The Morgan fingerprint density at radius 1 is 0.919 bits per heavy atom. The highest BCUT2D eigenvalue weighted by atomic mass is 32.1. The standard InChI is InChI=1S/C30H31N5OS/c36-29(26-11-12-27-19-31-15-13-24(27)18-26)33-34-30(37)32-28-21-35(20-23-9-5-2-6-10-23)16-14-25(28)17-22-7-3-1-4-8-22/h1-13,15,18-19,25,28H,14,16-17,20-21H2,(H,33,36)(H2,32,34,37)/t25-,28-/m0/s1. The van der Waals surface area contributed by atoms with Gasteiger partial charge in [0.1, 0.15) is 0 Å². The van der Waals surface area contributed by atoms with E-state index in [4.69, 9.17) is 12.2 Å². The Morgan fingerprint density at radius 3 is 2.46 bits per heavy atom. The lowest BCUT2D eigenvalue weighted by Gasteiger charge is -2.39. The van der Waals surface area contributed by atoms with E-state index in [9.17, 15) is 4.79 Å². The van der Waals surface area contributed by atoms with Crippen molar-refractivity contribution in [3.8, 4) is 0 Å². The molecule has 0 bridgehead atoms. The van der Waals surface area contributed by atoms with Crippen LogP contribution in [0.2, 0.25) is 0 Å². The number of fused-ring (bicyclic) bond motifs is 1. The third kappa shape index (κ3) is 6.70. The molecule has 1 saturated heterocycles. The minimum atomic E-state index is -0.238. The number of nitrogens with zero attached hydrogens (tertiary/aromatic N) is 2. The molecule has 2 heterocycles. The molecule has 0 aliphatic carbocycles. The van der Waals surface area contributed by atoms with Crippen LogP contribution in [0.1, 0.15) is 27.9 Å². The Balaban J connectivity index is 1.21.